The summed E-state index contributed by atoms with van der Waals surface area (Å²) in [5.74, 6) is 1.01. The van der Waals surface area contributed by atoms with E-state index in [9.17, 15) is 19.6 Å². The number of nitrogens with zero attached hydrogens (tertiary/aromatic N) is 4. The highest BCUT2D eigenvalue weighted by atomic mass is 35.5. The Morgan fingerprint density at radius 3 is 2.66 bits per heavy atom. The third-order valence-corrected chi connectivity index (χ3v) is 8.91. The lowest BCUT2D eigenvalue weighted by Gasteiger charge is -2.39. The van der Waals surface area contributed by atoms with Crippen LogP contribution >= 0.6 is 11.6 Å². The van der Waals surface area contributed by atoms with E-state index in [0.29, 0.717) is 47.5 Å². The van der Waals surface area contributed by atoms with Crippen molar-refractivity contribution < 1.29 is 19.1 Å². The minimum Gasteiger partial charge on any atom is -0.446 e. The predicted octanol–water partition coefficient (Wildman–Crippen LogP) is 4.71. The first-order valence-electron chi connectivity index (χ1n) is 12.5. The van der Waals surface area contributed by atoms with Gasteiger partial charge in [-0.2, -0.15) is 5.26 Å². The summed E-state index contributed by atoms with van der Waals surface area (Å²) in [6, 6.07) is 3.37. The van der Waals surface area contributed by atoms with Gasteiger partial charge in [0.2, 0.25) is 0 Å². The fourth-order valence-corrected chi connectivity index (χ4v) is 6.74. The lowest BCUT2D eigenvalue weighted by molar-refractivity contribution is -0.121. The molecule has 8 nitrogen and oxygen atoms in total. The first-order valence-corrected chi connectivity index (χ1v) is 12.8. The number of anilines is 1. The summed E-state index contributed by atoms with van der Waals surface area (Å²) in [5, 5.41) is 9.46. The van der Waals surface area contributed by atoms with Gasteiger partial charge in [-0.1, -0.05) is 32.4 Å². The van der Waals surface area contributed by atoms with Crippen molar-refractivity contribution in [1.82, 2.24) is 9.80 Å². The van der Waals surface area contributed by atoms with E-state index in [4.69, 9.17) is 16.3 Å². The summed E-state index contributed by atoms with van der Waals surface area (Å²) < 4.78 is 6.04. The maximum Gasteiger partial charge on any atom is 0.410 e. The van der Waals surface area contributed by atoms with Crippen molar-refractivity contribution in [2.24, 2.45) is 17.8 Å². The lowest BCUT2D eigenvalue weighted by Crippen LogP contribution is -2.55. The number of halogens is 1. The lowest BCUT2D eigenvalue weighted by atomic mass is 9.75. The molecule has 1 unspecified atom stereocenters. The fourth-order valence-electron chi connectivity index (χ4n) is 6.53. The Morgan fingerprint density at radius 2 is 1.97 bits per heavy atom. The molecule has 4 amide bonds. The van der Waals surface area contributed by atoms with E-state index in [1.54, 1.807) is 22.8 Å². The minimum atomic E-state index is -0.727. The van der Waals surface area contributed by atoms with Gasteiger partial charge >= 0.3 is 12.1 Å². The second-order valence-corrected chi connectivity index (χ2v) is 11.2. The fraction of sp³-hybridized carbons (Fsp3) is 0.615. The number of fused-ring (bicyclic) bond motifs is 5. The van der Waals surface area contributed by atoms with Crippen molar-refractivity contribution in [3.8, 4) is 6.07 Å². The van der Waals surface area contributed by atoms with Crippen LogP contribution in [0.15, 0.2) is 12.1 Å². The molecule has 35 heavy (non-hydrogen) atoms. The highest BCUT2D eigenvalue weighted by Gasteiger charge is 2.63. The Morgan fingerprint density at radius 1 is 1.23 bits per heavy atom. The summed E-state index contributed by atoms with van der Waals surface area (Å²) in [4.78, 5) is 44.6. The normalized spacial score (nSPS) is 31.9. The van der Waals surface area contributed by atoms with E-state index in [2.05, 4.69) is 20.8 Å². The van der Waals surface area contributed by atoms with Gasteiger partial charge in [-0.15, -0.1) is 0 Å². The van der Waals surface area contributed by atoms with Crippen molar-refractivity contribution >= 4 is 35.3 Å². The Kier molecular flexibility index (Phi) is 5.95. The van der Waals surface area contributed by atoms with E-state index in [1.807, 2.05) is 6.07 Å². The van der Waals surface area contributed by atoms with E-state index in [0.717, 1.165) is 24.2 Å². The number of hydrogen-bond acceptors (Lipinski definition) is 5. The molecule has 9 heteroatoms. The Hall–Kier alpha value is -2.79. The molecule has 1 saturated carbocycles. The van der Waals surface area contributed by atoms with Crippen LogP contribution in [0.5, 0.6) is 0 Å². The molecule has 0 radical (unpaired) electrons. The summed E-state index contributed by atoms with van der Waals surface area (Å²) in [6.45, 7) is 8.66. The maximum absolute atomic E-state index is 13.5. The second kappa shape index (κ2) is 8.70. The van der Waals surface area contributed by atoms with Crippen molar-refractivity contribution in [3.63, 3.8) is 0 Å². The topological polar surface area (TPSA) is 94.0 Å². The first-order chi connectivity index (χ1) is 16.6. The molecule has 1 aliphatic carbocycles. The highest BCUT2D eigenvalue weighted by Crippen LogP contribution is 2.44. The quantitative estimate of drug-likeness (QED) is 0.562. The van der Waals surface area contributed by atoms with Gasteiger partial charge in [-0.25, -0.2) is 14.5 Å². The largest absolute Gasteiger partial charge is 0.446 e. The number of carbonyl (C=O) groups excluding carboxylic acids is 3. The Bertz CT molecular complexity index is 1130. The number of piperazine rings is 1. The van der Waals surface area contributed by atoms with Crippen molar-refractivity contribution in [1.29, 1.82) is 5.26 Å². The first kappa shape index (κ1) is 23.9. The van der Waals surface area contributed by atoms with Crippen LogP contribution in [0.2, 0.25) is 5.02 Å². The monoisotopic (exact) mass is 498 g/mol. The SMILES string of the molecule is Cc1c(N2C(=O)[C@H]3C4C[C@H](CN4C(=O)O[C@H]4CC[C@@H](C)C[C@@H]4C(C)C)N3C2=O)ccc(C#N)c1Cl. The average molecular weight is 499 g/mol. The molecule has 6 atom stereocenters. The van der Waals surface area contributed by atoms with Crippen LogP contribution in [0.1, 0.15) is 57.6 Å². The molecular formula is C26H31ClN4O4. The number of carbonyl (C=O) groups is 3. The zero-order chi connectivity index (χ0) is 25.2. The van der Waals surface area contributed by atoms with Gasteiger partial charge in [0, 0.05) is 6.54 Å². The summed E-state index contributed by atoms with van der Waals surface area (Å²) >= 11 is 6.31. The molecule has 1 aromatic carbocycles. The van der Waals surface area contributed by atoms with Crippen molar-refractivity contribution in [2.45, 2.75) is 77.6 Å². The van der Waals surface area contributed by atoms with Gasteiger partial charge in [0.05, 0.1) is 28.4 Å². The number of hydrogen-bond donors (Lipinski definition) is 0. The van der Waals surface area contributed by atoms with Gasteiger partial charge in [-0.05, 0) is 68.1 Å². The molecule has 5 rings (SSSR count). The maximum atomic E-state index is 13.5. The number of ether oxygens (including phenoxy) is 1. The number of imide groups is 1. The van der Waals surface area contributed by atoms with Crippen molar-refractivity contribution in [2.75, 3.05) is 11.4 Å². The molecule has 1 aromatic rings. The van der Waals surface area contributed by atoms with Gasteiger partial charge in [0.1, 0.15) is 18.2 Å². The highest BCUT2D eigenvalue weighted by molar-refractivity contribution is 6.33. The molecule has 3 saturated heterocycles. The van der Waals surface area contributed by atoms with E-state index in [1.165, 1.54) is 6.07 Å². The van der Waals surface area contributed by atoms with E-state index >= 15 is 0 Å². The van der Waals surface area contributed by atoms with E-state index in [-0.39, 0.29) is 29.2 Å². The number of rotatable bonds is 3. The van der Waals surface area contributed by atoms with Gasteiger partial charge in [0.25, 0.3) is 5.91 Å². The summed E-state index contributed by atoms with van der Waals surface area (Å²) in [5.41, 5.74) is 1.17. The minimum absolute atomic E-state index is 0.116. The van der Waals surface area contributed by atoms with Crippen LogP contribution in [0, 0.1) is 36.0 Å². The Balaban J connectivity index is 1.35. The number of amides is 4. The van der Waals surface area contributed by atoms with Gasteiger partial charge in [0.15, 0.2) is 0 Å². The van der Waals surface area contributed by atoms with Crippen LogP contribution in [-0.4, -0.2) is 58.6 Å². The molecule has 186 valence electrons. The average Bonchev–Trinajstić information content (AvgIpc) is 3.48. The Labute approximate surface area is 210 Å². The molecule has 2 bridgehead atoms. The molecule has 3 aliphatic heterocycles. The zero-order valence-electron chi connectivity index (χ0n) is 20.5. The molecule has 4 aliphatic rings. The summed E-state index contributed by atoms with van der Waals surface area (Å²) in [6.07, 6.45) is 3.03. The summed E-state index contributed by atoms with van der Waals surface area (Å²) in [7, 11) is 0. The molecule has 3 heterocycles. The van der Waals surface area contributed by atoms with Crippen molar-refractivity contribution in [3.05, 3.63) is 28.3 Å². The predicted molar refractivity (Wildman–Crippen MR) is 130 cm³/mol. The van der Waals surface area contributed by atoms with Crippen LogP contribution in [0.3, 0.4) is 0 Å². The second-order valence-electron chi connectivity index (χ2n) is 10.8. The standard InChI is InChI=1S/C26H31ClN4O4/c1-13(2)18-9-14(3)5-8-21(18)35-26(34)29-12-17-10-20(29)23-24(32)31(25(33)30(17)23)19-7-6-16(11-28)22(27)15(19)4/h6-7,13-14,17-18,20-21,23H,5,8-10,12H2,1-4H3/t14-,17-,18-,20?,21+,23-/m1/s1. The van der Waals surface area contributed by atoms with Crippen LogP contribution < -0.4 is 4.90 Å². The third-order valence-electron chi connectivity index (χ3n) is 8.42. The van der Waals surface area contributed by atoms with E-state index < -0.39 is 18.1 Å². The number of likely N-dealkylation sites (tertiary alicyclic amines) is 1. The molecule has 0 N–H and O–H groups in total. The van der Waals surface area contributed by atoms with Crippen LogP contribution in [-0.2, 0) is 9.53 Å². The number of urea groups is 1. The molecule has 4 fully saturated rings. The molecule has 0 aromatic heterocycles. The van der Waals surface area contributed by atoms with Crippen LogP contribution in [0.4, 0.5) is 15.3 Å². The number of benzene rings is 1. The smallest absolute Gasteiger partial charge is 0.410 e. The zero-order valence-corrected chi connectivity index (χ0v) is 21.3. The number of nitriles is 1. The van der Waals surface area contributed by atoms with Gasteiger partial charge < -0.3 is 14.5 Å². The molecule has 0 spiro atoms. The van der Waals surface area contributed by atoms with Crippen LogP contribution in [0.25, 0.3) is 0 Å². The molecular weight excluding hydrogens is 468 g/mol. The van der Waals surface area contributed by atoms with Gasteiger partial charge in [-0.3, -0.25) is 4.79 Å². The third kappa shape index (κ3) is 3.67.